The number of carbonyl (C=O) groups is 1. The molecule has 0 radical (unpaired) electrons. The number of nitrogens with one attached hydrogen (secondary N) is 1. The summed E-state index contributed by atoms with van der Waals surface area (Å²) in [5.41, 5.74) is 1.82. The van der Waals surface area contributed by atoms with Gasteiger partial charge in [-0.25, -0.2) is 9.86 Å². The van der Waals surface area contributed by atoms with E-state index in [9.17, 15) is 4.79 Å². The standard InChI is InChI=1S/C21H28N2O2/c1-2-3-4-5-12-17-23(25-18-19-13-8-6-9-14-19)21(24)22-20-15-10-7-11-16-20/h6-11,13-16H,2-5,12,17-18H2,1H3,(H,22,24). The number of nitrogens with zero attached hydrogens (tertiary/aromatic N) is 1. The van der Waals surface area contributed by atoms with Crippen molar-refractivity contribution in [2.45, 2.75) is 45.6 Å². The molecule has 0 spiro atoms. The molecule has 25 heavy (non-hydrogen) atoms. The number of hydrogen-bond acceptors (Lipinski definition) is 2. The lowest BCUT2D eigenvalue weighted by Crippen LogP contribution is -2.35. The van der Waals surface area contributed by atoms with Gasteiger partial charge in [0.25, 0.3) is 0 Å². The van der Waals surface area contributed by atoms with Crippen LogP contribution in [0.25, 0.3) is 0 Å². The largest absolute Gasteiger partial charge is 0.345 e. The summed E-state index contributed by atoms with van der Waals surface area (Å²) >= 11 is 0. The summed E-state index contributed by atoms with van der Waals surface area (Å²) in [6.07, 6.45) is 5.70. The van der Waals surface area contributed by atoms with Crippen LogP contribution in [-0.4, -0.2) is 17.6 Å². The summed E-state index contributed by atoms with van der Waals surface area (Å²) in [6.45, 7) is 3.18. The molecule has 0 heterocycles. The maximum Gasteiger partial charge on any atom is 0.345 e. The molecule has 2 aromatic carbocycles. The molecule has 0 saturated heterocycles. The Labute approximate surface area is 150 Å². The molecule has 0 bridgehead atoms. The summed E-state index contributed by atoms with van der Waals surface area (Å²) in [6, 6.07) is 19.1. The van der Waals surface area contributed by atoms with Gasteiger partial charge in [-0.2, -0.15) is 0 Å². The minimum absolute atomic E-state index is 0.224. The Kier molecular flexibility index (Phi) is 8.56. The van der Waals surface area contributed by atoms with Gasteiger partial charge in [-0.15, -0.1) is 0 Å². The minimum Gasteiger partial charge on any atom is -0.306 e. The van der Waals surface area contributed by atoms with Gasteiger partial charge >= 0.3 is 6.03 Å². The molecule has 2 rings (SSSR count). The van der Waals surface area contributed by atoms with E-state index in [1.807, 2.05) is 60.7 Å². The van der Waals surface area contributed by atoms with Crippen LogP contribution in [0.4, 0.5) is 10.5 Å². The molecule has 0 aliphatic heterocycles. The second kappa shape index (κ2) is 11.3. The van der Waals surface area contributed by atoms with Gasteiger partial charge < -0.3 is 5.32 Å². The van der Waals surface area contributed by atoms with Crippen LogP contribution in [0.3, 0.4) is 0 Å². The quantitative estimate of drug-likeness (QED) is 0.450. The molecular formula is C21H28N2O2. The lowest BCUT2D eigenvalue weighted by atomic mass is 10.1. The number of para-hydroxylation sites is 1. The molecule has 0 unspecified atom stereocenters. The Hall–Kier alpha value is -2.33. The summed E-state index contributed by atoms with van der Waals surface area (Å²) in [5, 5.41) is 4.34. The van der Waals surface area contributed by atoms with E-state index >= 15 is 0 Å². The van der Waals surface area contributed by atoms with Crippen LogP contribution in [0.5, 0.6) is 0 Å². The average Bonchev–Trinajstić information content (AvgIpc) is 2.65. The monoisotopic (exact) mass is 340 g/mol. The van der Waals surface area contributed by atoms with Gasteiger partial charge in [0, 0.05) is 5.69 Å². The molecule has 0 atom stereocenters. The fourth-order valence-corrected chi connectivity index (χ4v) is 2.52. The molecular weight excluding hydrogens is 312 g/mol. The predicted molar refractivity (Wildman–Crippen MR) is 102 cm³/mol. The highest BCUT2D eigenvalue weighted by molar-refractivity contribution is 5.88. The van der Waals surface area contributed by atoms with Crippen molar-refractivity contribution in [2.24, 2.45) is 0 Å². The summed E-state index contributed by atoms with van der Waals surface area (Å²) < 4.78 is 0. The molecule has 0 saturated carbocycles. The van der Waals surface area contributed by atoms with E-state index in [1.165, 1.54) is 24.3 Å². The molecule has 1 N–H and O–H groups in total. The van der Waals surface area contributed by atoms with E-state index in [0.29, 0.717) is 13.2 Å². The van der Waals surface area contributed by atoms with Crippen molar-refractivity contribution in [1.82, 2.24) is 5.06 Å². The molecule has 134 valence electrons. The zero-order valence-electron chi connectivity index (χ0n) is 15.0. The van der Waals surface area contributed by atoms with Crippen LogP contribution in [-0.2, 0) is 11.4 Å². The van der Waals surface area contributed by atoms with Gasteiger partial charge in [0.05, 0.1) is 6.54 Å². The van der Waals surface area contributed by atoms with Gasteiger partial charge in [-0.1, -0.05) is 81.1 Å². The summed E-state index contributed by atoms with van der Waals surface area (Å²) in [5.74, 6) is 0. The molecule has 2 amide bonds. The van der Waals surface area contributed by atoms with E-state index < -0.39 is 0 Å². The predicted octanol–water partition coefficient (Wildman–Crippen LogP) is 5.62. The van der Waals surface area contributed by atoms with E-state index in [1.54, 1.807) is 0 Å². The topological polar surface area (TPSA) is 41.6 Å². The lowest BCUT2D eigenvalue weighted by Gasteiger charge is -2.22. The number of carbonyl (C=O) groups excluding carboxylic acids is 1. The molecule has 4 nitrogen and oxygen atoms in total. The normalized spacial score (nSPS) is 10.4. The van der Waals surface area contributed by atoms with Crippen molar-refractivity contribution in [3.63, 3.8) is 0 Å². The lowest BCUT2D eigenvalue weighted by molar-refractivity contribution is -0.125. The number of amides is 2. The number of hydrogen-bond donors (Lipinski definition) is 1. The SMILES string of the molecule is CCCCCCCN(OCc1ccccc1)C(=O)Nc1ccccc1. The number of benzene rings is 2. The number of rotatable bonds is 10. The molecule has 4 heteroatoms. The van der Waals surface area contributed by atoms with Crippen molar-refractivity contribution in [2.75, 3.05) is 11.9 Å². The zero-order valence-corrected chi connectivity index (χ0v) is 15.0. The maximum absolute atomic E-state index is 12.5. The third-order valence-electron chi connectivity index (χ3n) is 3.95. The highest BCUT2D eigenvalue weighted by Gasteiger charge is 2.14. The first-order valence-corrected chi connectivity index (χ1v) is 9.10. The average molecular weight is 340 g/mol. The number of anilines is 1. The third kappa shape index (κ3) is 7.40. The van der Waals surface area contributed by atoms with Crippen LogP contribution < -0.4 is 5.32 Å². The highest BCUT2D eigenvalue weighted by Crippen LogP contribution is 2.11. The van der Waals surface area contributed by atoms with Gasteiger partial charge in [-0.3, -0.25) is 4.84 Å². The number of hydroxylamine groups is 2. The van der Waals surface area contributed by atoms with E-state index in [-0.39, 0.29) is 6.03 Å². The van der Waals surface area contributed by atoms with Crippen LogP contribution in [0, 0.1) is 0 Å². The Bertz CT molecular complexity index is 602. The van der Waals surface area contributed by atoms with E-state index in [4.69, 9.17) is 4.84 Å². The third-order valence-corrected chi connectivity index (χ3v) is 3.95. The van der Waals surface area contributed by atoms with Crippen molar-refractivity contribution in [3.8, 4) is 0 Å². The Morgan fingerprint density at radius 1 is 0.920 bits per heavy atom. The first-order valence-electron chi connectivity index (χ1n) is 9.10. The van der Waals surface area contributed by atoms with Gasteiger partial charge in [0.2, 0.25) is 0 Å². The summed E-state index contributed by atoms with van der Waals surface area (Å²) in [4.78, 5) is 18.3. The van der Waals surface area contributed by atoms with Crippen molar-refractivity contribution in [3.05, 3.63) is 66.2 Å². The fraction of sp³-hybridized carbons (Fsp3) is 0.381. The first-order chi connectivity index (χ1) is 12.3. The smallest absolute Gasteiger partial charge is 0.306 e. The van der Waals surface area contributed by atoms with Crippen LogP contribution in [0.15, 0.2) is 60.7 Å². The molecule has 0 fully saturated rings. The fourth-order valence-electron chi connectivity index (χ4n) is 2.52. The molecule has 0 aliphatic carbocycles. The Morgan fingerprint density at radius 2 is 1.56 bits per heavy atom. The van der Waals surface area contributed by atoms with Crippen molar-refractivity contribution in [1.29, 1.82) is 0 Å². The van der Waals surface area contributed by atoms with Gasteiger partial charge in [0.15, 0.2) is 0 Å². The molecule has 0 aromatic heterocycles. The highest BCUT2D eigenvalue weighted by atomic mass is 16.7. The Balaban J connectivity index is 1.89. The second-order valence-electron chi connectivity index (χ2n) is 6.07. The van der Waals surface area contributed by atoms with Crippen LogP contribution >= 0.6 is 0 Å². The molecule has 0 aliphatic rings. The Morgan fingerprint density at radius 3 is 2.24 bits per heavy atom. The summed E-state index contributed by atoms with van der Waals surface area (Å²) in [7, 11) is 0. The van der Waals surface area contributed by atoms with Gasteiger partial charge in [-0.05, 0) is 24.1 Å². The zero-order chi connectivity index (χ0) is 17.7. The number of unbranched alkanes of at least 4 members (excludes halogenated alkanes) is 4. The van der Waals surface area contributed by atoms with E-state index in [0.717, 1.165) is 24.1 Å². The van der Waals surface area contributed by atoms with Gasteiger partial charge in [0.1, 0.15) is 6.61 Å². The first kappa shape index (κ1) is 19.0. The van der Waals surface area contributed by atoms with E-state index in [2.05, 4.69) is 12.2 Å². The van der Waals surface area contributed by atoms with Crippen LogP contribution in [0.2, 0.25) is 0 Å². The minimum atomic E-state index is -0.224. The molecule has 2 aromatic rings. The van der Waals surface area contributed by atoms with Crippen molar-refractivity contribution >= 4 is 11.7 Å². The van der Waals surface area contributed by atoms with Crippen LogP contribution in [0.1, 0.15) is 44.6 Å². The second-order valence-corrected chi connectivity index (χ2v) is 6.07. The van der Waals surface area contributed by atoms with Crippen molar-refractivity contribution < 1.29 is 9.63 Å². The number of urea groups is 1. The maximum atomic E-state index is 12.5.